The lowest BCUT2D eigenvalue weighted by Crippen LogP contribution is -2.54. The van der Waals surface area contributed by atoms with Crippen LogP contribution in [0.2, 0.25) is 0 Å². The molecule has 2 atom stereocenters. The van der Waals surface area contributed by atoms with E-state index in [2.05, 4.69) is 26.7 Å². The van der Waals surface area contributed by atoms with Crippen LogP contribution in [0.25, 0.3) is 0 Å². The minimum absolute atomic E-state index is 0.546. The summed E-state index contributed by atoms with van der Waals surface area (Å²) in [5.74, 6) is 2.23. The molecule has 0 aromatic carbocycles. The van der Waals surface area contributed by atoms with Crippen LogP contribution in [0.3, 0.4) is 0 Å². The predicted molar refractivity (Wildman–Crippen MR) is 55.0 cm³/mol. The number of nitrogens with zero attached hydrogens (tertiary/aromatic N) is 4. The largest absolute Gasteiger partial charge is 0.312 e. The van der Waals surface area contributed by atoms with Gasteiger partial charge in [0.1, 0.15) is 5.82 Å². The Morgan fingerprint density at radius 1 is 1.29 bits per heavy atom. The van der Waals surface area contributed by atoms with E-state index in [0.717, 1.165) is 24.2 Å². The van der Waals surface area contributed by atoms with Crippen molar-refractivity contribution in [3.8, 4) is 0 Å². The molecule has 0 radical (unpaired) electrons. The maximum absolute atomic E-state index is 4.20. The third-order valence-electron chi connectivity index (χ3n) is 3.22. The molecule has 4 heteroatoms. The lowest BCUT2D eigenvalue weighted by Gasteiger charge is -2.50. The van der Waals surface area contributed by atoms with Crippen LogP contribution in [-0.4, -0.2) is 32.8 Å². The van der Waals surface area contributed by atoms with Crippen LogP contribution in [0, 0.1) is 6.92 Å². The third-order valence-corrected chi connectivity index (χ3v) is 3.22. The summed E-state index contributed by atoms with van der Waals surface area (Å²) in [6.45, 7) is 7.11. The second kappa shape index (κ2) is 3.35. The Balaban J connectivity index is 0.000000354. The summed E-state index contributed by atoms with van der Waals surface area (Å²) in [5.41, 5.74) is 0. The molecule has 3 aliphatic heterocycles. The summed E-state index contributed by atoms with van der Waals surface area (Å²) in [4.78, 5) is 2.39. The highest BCUT2D eigenvalue weighted by Crippen LogP contribution is 2.41. The third kappa shape index (κ3) is 1.10. The van der Waals surface area contributed by atoms with Crippen LogP contribution >= 0.6 is 0 Å². The molecule has 0 spiro atoms. The molecule has 0 saturated carbocycles. The van der Waals surface area contributed by atoms with Gasteiger partial charge in [-0.25, -0.2) is 0 Å². The van der Waals surface area contributed by atoms with Crippen molar-refractivity contribution >= 4 is 0 Å². The molecule has 14 heavy (non-hydrogen) atoms. The second-order valence-electron chi connectivity index (χ2n) is 3.79. The van der Waals surface area contributed by atoms with E-state index in [1.807, 2.05) is 20.8 Å². The Kier molecular flexibility index (Phi) is 2.31. The maximum atomic E-state index is 4.20. The van der Waals surface area contributed by atoms with Crippen molar-refractivity contribution in [2.75, 3.05) is 7.05 Å². The summed E-state index contributed by atoms with van der Waals surface area (Å²) in [6, 6.07) is 1.28. The molecule has 0 amide bonds. The van der Waals surface area contributed by atoms with Crippen molar-refractivity contribution in [1.29, 1.82) is 0 Å². The Morgan fingerprint density at radius 2 is 2.00 bits per heavy atom. The lowest BCUT2D eigenvalue weighted by atomic mass is 9.89. The Hall–Kier alpha value is -0.900. The van der Waals surface area contributed by atoms with Gasteiger partial charge in [-0.1, -0.05) is 13.8 Å². The average Bonchev–Trinajstić information content (AvgIpc) is 2.63. The Morgan fingerprint density at radius 3 is 2.64 bits per heavy atom. The van der Waals surface area contributed by atoms with Crippen LogP contribution in [-0.2, 0) is 6.54 Å². The first kappa shape index (κ1) is 9.65. The number of aryl methyl sites for hydroxylation is 1. The first-order valence-corrected chi connectivity index (χ1v) is 5.39. The average molecular weight is 194 g/mol. The molecule has 4 nitrogen and oxygen atoms in total. The van der Waals surface area contributed by atoms with E-state index in [1.54, 1.807) is 0 Å². The topological polar surface area (TPSA) is 34.0 Å². The predicted octanol–water partition coefficient (Wildman–Crippen LogP) is 1.37. The van der Waals surface area contributed by atoms with E-state index in [1.165, 1.54) is 6.42 Å². The number of hydrogen-bond donors (Lipinski definition) is 0. The van der Waals surface area contributed by atoms with Gasteiger partial charge in [-0.15, -0.1) is 10.2 Å². The van der Waals surface area contributed by atoms with Gasteiger partial charge in [0.2, 0.25) is 0 Å². The molecular weight excluding hydrogens is 176 g/mol. The molecule has 1 saturated heterocycles. The molecule has 4 rings (SSSR count). The summed E-state index contributed by atoms with van der Waals surface area (Å²) in [6.07, 6.45) is 1.27. The fourth-order valence-electron chi connectivity index (χ4n) is 2.28. The fraction of sp³-hybridized carbons (Fsp3) is 0.800. The standard InChI is InChI=1S/C8H12N4.C2H6/c1-5-9-10-8-7-3-6(11(7)2)4-12(5)8;1-2/h6-7H,3-4H2,1-2H3;1-2H3. The first-order chi connectivity index (χ1) is 6.77. The molecular formula is C10H18N4. The van der Waals surface area contributed by atoms with Gasteiger partial charge in [0.05, 0.1) is 6.04 Å². The van der Waals surface area contributed by atoms with E-state index >= 15 is 0 Å². The van der Waals surface area contributed by atoms with Gasteiger partial charge < -0.3 is 4.57 Å². The van der Waals surface area contributed by atoms with Crippen molar-refractivity contribution in [1.82, 2.24) is 19.7 Å². The lowest BCUT2D eigenvalue weighted by molar-refractivity contribution is -0.00275. The zero-order chi connectivity index (χ0) is 10.3. The number of hydrogen-bond acceptors (Lipinski definition) is 3. The minimum Gasteiger partial charge on any atom is -0.312 e. The van der Waals surface area contributed by atoms with Crippen LogP contribution in [0.1, 0.15) is 38.0 Å². The van der Waals surface area contributed by atoms with Gasteiger partial charge in [-0.3, -0.25) is 4.90 Å². The van der Waals surface area contributed by atoms with Crippen molar-refractivity contribution in [3.05, 3.63) is 11.6 Å². The summed E-state index contributed by atoms with van der Waals surface area (Å²) in [7, 11) is 2.17. The highest BCUT2D eigenvalue weighted by atomic mass is 15.4. The molecule has 1 aromatic heterocycles. The molecule has 2 bridgehead atoms. The first-order valence-electron chi connectivity index (χ1n) is 5.39. The quantitative estimate of drug-likeness (QED) is 0.625. The second-order valence-corrected chi connectivity index (χ2v) is 3.79. The molecule has 1 fully saturated rings. The van der Waals surface area contributed by atoms with Crippen LogP contribution in [0.4, 0.5) is 0 Å². The van der Waals surface area contributed by atoms with E-state index < -0.39 is 0 Å². The van der Waals surface area contributed by atoms with E-state index in [-0.39, 0.29) is 0 Å². The Labute approximate surface area is 84.9 Å². The van der Waals surface area contributed by atoms with Gasteiger partial charge in [0.25, 0.3) is 0 Å². The molecule has 4 heterocycles. The molecule has 2 unspecified atom stereocenters. The monoisotopic (exact) mass is 194 g/mol. The fourth-order valence-corrected chi connectivity index (χ4v) is 2.28. The van der Waals surface area contributed by atoms with Crippen molar-refractivity contribution in [2.24, 2.45) is 0 Å². The van der Waals surface area contributed by atoms with Crippen LogP contribution in [0.15, 0.2) is 0 Å². The van der Waals surface area contributed by atoms with Gasteiger partial charge in [-0.05, 0) is 20.4 Å². The van der Waals surface area contributed by atoms with E-state index in [0.29, 0.717) is 6.04 Å². The smallest absolute Gasteiger partial charge is 0.150 e. The van der Waals surface area contributed by atoms with Gasteiger partial charge in [0.15, 0.2) is 5.82 Å². The Bertz CT molecular complexity index is 331. The molecule has 0 aliphatic carbocycles. The van der Waals surface area contributed by atoms with Gasteiger partial charge >= 0.3 is 0 Å². The normalized spacial score (nSPS) is 28.6. The van der Waals surface area contributed by atoms with Gasteiger partial charge in [-0.2, -0.15) is 0 Å². The summed E-state index contributed by atoms with van der Waals surface area (Å²) < 4.78 is 2.25. The van der Waals surface area contributed by atoms with Crippen LogP contribution in [0.5, 0.6) is 0 Å². The minimum atomic E-state index is 0.546. The zero-order valence-electron chi connectivity index (χ0n) is 9.36. The molecule has 78 valence electrons. The number of rotatable bonds is 0. The van der Waals surface area contributed by atoms with Gasteiger partial charge in [0, 0.05) is 12.6 Å². The van der Waals surface area contributed by atoms with Crippen molar-refractivity contribution in [2.45, 2.75) is 45.8 Å². The number of aromatic nitrogens is 3. The highest BCUT2D eigenvalue weighted by molar-refractivity contribution is 5.12. The highest BCUT2D eigenvalue weighted by Gasteiger charge is 2.44. The summed E-state index contributed by atoms with van der Waals surface area (Å²) >= 11 is 0. The zero-order valence-corrected chi connectivity index (χ0v) is 9.36. The van der Waals surface area contributed by atoms with E-state index in [9.17, 15) is 0 Å². The molecule has 0 N–H and O–H groups in total. The molecule has 3 aliphatic rings. The SMILES string of the molecule is CC.Cc1nnc2n1CC1CC2N1C. The van der Waals surface area contributed by atoms with Crippen molar-refractivity contribution in [3.63, 3.8) is 0 Å². The molecule has 1 aromatic rings. The van der Waals surface area contributed by atoms with E-state index in [4.69, 9.17) is 0 Å². The maximum Gasteiger partial charge on any atom is 0.150 e. The van der Waals surface area contributed by atoms with Crippen LogP contribution < -0.4 is 0 Å². The summed E-state index contributed by atoms with van der Waals surface area (Å²) in [5, 5.41) is 8.29. The number of likely N-dealkylation sites (N-methyl/N-ethyl adjacent to an activating group) is 1. The van der Waals surface area contributed by atoms with Crippen molar-refractivity contribution < 1.29 is 0 Å².